The number of hydrogen-bond acceptors (Lipinski definition) is 6. The van der Waals surface area contributed by atoms with Gasteiger partial charge in [0.2, 0.25) is 15.9 Å². The van der Waals surface area contributed by atoms with Gasteiger partial charge in [-0.25, -0.2) is 8.42 Å². The average Bonchev–Trinajstić information content (AvgIpc) is 2.85. The largest absolute Gasteiger partial charge is 0.353 e. The maximum Gasteiger partial charge on any atom is 0.271 e. The molecule has 1 fully saturated rings. The minimum absolute atomic E-state index is 0.131. The fourth-order valence-electron chi connectivity index (χ4n) is 3.59. The molecule has 1 aliphatic heterocycles. The van der Waals surface area contributed by atoms with Crippen molar-refractivity contribution in [3.63, 3.8) is 0 Å². The van der Waals surface area contributed by atoms with E-state index in [2.05, 4.69) is 10.4 Å². The number of carbonyl (C=O) groups excluding carboxylic acids is 1. The highest BCUT2D eigenvalue weighted by Gasteiger charge is 2.29. The highest BCUT2D eigenvalue weighted by Crippen LogP contribution is 2.21. The van der Waals surface area contributed by atoms with Gasteiger partial charge < -0.3 is 10.2 Å². The molecule has 3 aromatic rings. The summed E-state index contributed by atoms with van der Waals surface area (Å²) in [5.41, 5.74) is 0.999. The topological polar surface area (TPSA) is 105 Å². The molecule has 0 radical (unpaired) electrons. The first kappa shape index (κ1) is 22.7. The first-order valence-corrected chi connectivity index (χ1v) is 12.1. The molecule has 33 heavy (non-hydrogen) atoms. The molecule has 2 aromatic carbocycles. The predicted octanol–water partition coefficient (Wildman–Crippen LogP) is 2.09. The SMILES string of the molecule is CCC(=O)Nc1ccc(S(=O)(=O)N2CCN(c3ccc(=O)n(-c4ccccc4)n3)CC2)cc1. The molecule has 9 nitrogen and oxygen atoms in total. The monoisotopic (exact) mass is 467 g/mol. The van der Waals surface area contributed by atoms with Crippen LogP contribution >= 0.6 is 0 Å². The van der Waals surface area contributed by atoms with Crippen LogP contribution in [-0.2, 0) is 14.8 Å². The van der Waals surface area contributed by atoms with Crippen LogP contribution in [0.4, 0.5) is 11.5 Å². The van der Waals surface area contributed by atoms with E-state index in [0.29, 0.717) is 49.8 Å². The van der Waals surface area contributed by atoms with Crippen molar-refractivity contribution in [1.29, 1.82) is 0 Å². The molecule has 0 spiro atoms. The lowest BCUT2D eigenvalue weighted by Crippen LogP contribution is -2.49. The van der Waals surface area contributed by atoms with Gasteiger partial charge in [-0.15, -0.1) is 5.10 Å². The van der Waals surface area contributed by atoms with Gasteiger partial charge in [0.05, 0.1) is 10.6 Å². The zero-order valence-electron chi connectivity index (χ0n) is 18.2. The van der Waals surface area contributed by atoms with E-state index in [1.165, 1.54) is 27.2 Å². The van der Waals surface area contributed by atoms with Crippen molar-refractivity contribution in [3.8, 4) is 5.69 Å². The standard InChI is InChI=1S/C23H25N5O4S/c1-2-22(29)24-18-8-10-20(11-9-18)33(31,32)27-16-14-26(15-17-27)21-12-13-23(30)28(25-21)19-6-4-3-5-7-19/h3-13H,2,14-17H2,1H3,(H,24,29). The van der Waals surface area contributed by atoms with Crippen LogP contribution < -0.4 is 15.8 Å². The van der Waals surface area contributed by atoms with Gasteiger partial charge in [0.1, 0.15) is 5.82 Å². The lowest BCUT2D eigenvalue weighted by molar-refractivity contribution is -0.115. The van der Waals surface area contributed by atoms with E-state index in [0.717, 1.165) is 0 Å². The van der Waals surface area contributed by atoms with Gasteiger partial charge in [-0.2, -0.15) is 8.99 Å². The van der Waals surface area contributed by atoms with Crippen molar-refractivity contribution in [3.05, 3.63) is 77.1 Å². The second-order valence-corrected chi connectivity index (χ2v) is 9.53. The van der Waals surface area contributed by atoms with Crippen molar-refractivity contribution in [2.24, 2.45) is 0 Å². The number of carbonyl (C=O) groups is 1. The number of benzene rings is 2. The number of para-hydroxylation sites is 1. The summed E-state index contributed by atoms with van der Waals surface area (Å²) in [6.07, 6.45) is 0.349. The molecule has 2 heterocycles. The first-order valence-electron chi connectivity index (χ1n) is 10.7. The molecular weight excluding hydrogens is 442 g/mol. The third-order valence-electron chi connectivity index (χ3n) is 5.45. The van der Waals surface area contributed by atoms with Crippen LogP contribution in [0.15, 0.2) is 76.4 Å². The quantitative estimate of drug-likeness (QED) is 0.595. The average molecular weight is 468 g/mol. The molecule has 0 atom stereocenters. The zero-order chi connectivity index (χ0) is 23.4. The molecule has 0 saturated carbocycles. The number of aromatic nitrogens is 2. The number of sulfonamides is 1. The minimum Gasteiger partial charge on any atom is -0.353 e. The van der Waals surface area contributed by atoms with Gasteiger partial charge in [0, 0.05) is 44.4 Å². The Balaban J connectivity index is 1.45. The van der Waals surface area contributed by atoms with Gasteiger partial charge in [-0.05, 0) is 42.5 Å². The summed E-state index contributed by atoms with van der Waals surface area (Å²) in [4.78, 5) is 25.9. The Bertz CT molecular complexity index is 1280. The molecule has 172 valence electrons. The Hall–Kier alpha value is -3.50. The number of anilines is 2. The highest BCUT2D eigenvalue weighted by molar-refractivity contribution is 7.89. The van der Waals surface area contributed by atoms with Gasteiger partial charge in [0.15, 0.2) is 0 Å². The Kier molecular flexibility index (Phi) is 6.57. The third kappa shape index (κ3) is 4.96. The van der Waals surface area contributed by atoms with Gasteiger partial charge in [0.25, 0.3) is 5.56 Å². The molecule has 1 N–H and O–H groups in total. The Morgan fingerprint density at radius 1 is 0.939 bits per heavy atom. The summed E-state index contributed by atoms with van der Waals surface area (Å²) in [5, 5.41) is 7.19. The van der Waals surface area contributed by atoms with Crippen LogP contribution in [0.1, 0.15) is 13.3 Å². The maximum atomic E-state index is 13.1. The number of amides is 1. The van der Waals surface area contributed by atoms with Crippen LogP contribution in [0.5, 0.6) is 0 Å². The van der Waals surface area contributed by atoms with Gasteiger partial charge >= 0.3 is 0 Å². The van der Waals surface area contributed by atoms with Crippen molar-refractivity contribution in [2.45, 2.75) is 18.2 Å². The predicted molar refractivity (Wildman–Crippen MR) is 126 cm³/mol. The zero-order valence-corrected chi connectivity index (χ0v) is 19.0. The van der Waals surface area contributed by atoms with Crippen LogP contribution in [-0.4, -0.2) is 54.6 Å². The van der Waals surface area contributed by atoms with Gasteiger partial charge in [-0.3, -0.25) is 9.59 Å². The van der Waals surface area contributed by atoms with E-state index >= 15 is 0 Å². The van der Waals surface area contributed by atoms with E-state index in [1.807, 2.05) is 35.2 Å². The van der Waals surface area contributed by atoms with Crippen LogP contribution in [0.2, 0.25) is 0 Å². The van der Waals surface area contributed by atoms with Crippen LogP contribution in [0, 0.1) is 0 Å². The number of piperazine rings is 1. The Morgan fingerprint density at radius 3 is 2.24 bits per heavy atom. The molecule has 0 unspecified atom stereocenters. The summed E-state index contributed by atoms with van der Waals surface area (Å²) >= 11 is 0. The minimum atomic E-state index is -3.66. The highest BCUT2D eigenvalue weighted by atomic mass is 32.2. The molecule has 1 aromatic heterocycles. The second-order valence-electron chi connectivity index (χ2n) is 7.59. The smallest absolute Gasteiger partial charge is 0.271 e. The second kappa shape index (κ2) is 9.55. The summed E-state index contributed by atoms with van der Waals surface area (Å²) in [5.74, 6) is 0.487. The lowest BCUT2D eigenvalue weighted by atomic mass is 10.3. The van der Waals surface area contributed by atoms with E-state index in [-0.39, 0.29) is 16.4 Å². The van der Waals surface area contributed by atoms with Crippen molar-refractivity contribution >= 4 is 27.4 Å². The normalized spacial score (nSPS) is 14.8. The van der Waals surface area contributed by atoms with Crippen LogP contribution in [0.3, 0.4) is 0 Å². The van der Waals surface area contributed by atoms with E-state index in [1.54, 1.807) is 25.1 Å². The molecule has 1 aliphatic rings. The Morgan fingerprint density at radius 2 is 1.61 bits per heavy atom. The van der Waals surface area contributed by atoms with E-state index in [4.69, 9.17) is 0 Å². The molecule has 1 saturated heterocycles. The summed E-state index contributed by atoms with van der Waals surface area (Å²) in [7, 11) is -3.66. The fourth-order valence-corrected chi connectivity index (χ4v) is 5.01. The summed E-state index contributed by atoms with van der Waals surface area (Å²) in [6, 6.07) is 18.5. The third-order valence-corrected chi connectivity index (χ3v) is 7.36. The first-order chi connectivity index (χ1) is 15.9. The van der Waals surface area contributed by atoms with Crippen LogP contribution in [0.25, 0.3) is 5.69 Å². The molecule has 1 amide bonds. The number of hydrogen-bond donors (Lipinski definition) is 1. The van der Waals surface area contributed by atoms with Crippen molar-refractivity contribution in [2.75, 3.05) is 36.4 Å². The van der Waals surface area contributed by atoms with E-state index in [9.17, 15) is 18.0 Å². The molecular formula is C23H25N5O4S. The number of rotatable bonds is 6. The lowest BCUT2D eigenvalue weighted by Gasteiger charge is -2.34. The fraction of sp³-hybridized carbons (Fsp3) is 0.261. The van der Waals surface area contributed by atoms with Crippen molar-refractivity contribution in [1.82, 2.24) is 14.1 Å². The van der Waals surface area contributed by atoms with Crippen molar-refractivity contribution < 1.29 is 13.2 Å². The molecule has 0 bridgehead atoms. The summed E-state index contributed by atoms with van der Waals surface area (Å²) in [6.45, 7) is 3.23. The maximum absolute atomic E-state index is 13.1. The summed E-state index contributed by atoms with van der Waals surface area (Å²) < 4.78 is 28.9. The van der Waals surface area contributed by atoms with E-state index < -0.39 is 10.0 Å². The molecule has 4 rings (SSSR count). The van der Waals surface area contributed by atoms with Gasteiger partial charge in [-0.1, -0.05) is 25.1 Å². The molecule has 0 aliphatic carbocycles. The number of nitrogens with zero attached hydrogens (tertiary/aromatic N) is 4. The molecule has 10 heteroatoms. The number of nitrogens with one attached hydrogen (secondary N) is 1. The Labute approximate surface area is 192 Å².